The second-order valence-electron chi connectivity index (χ2n) is 8.48. The highest BCUT2D eigenvalue weighted by Crippen LogP contribution is 2.35. The third kappa shape index (κ3) is 4.83. The number of rotatable bonds is 4. The van der Waals surface area contributed by atoms with Gasteiger partial charge in [-0.05, 0) is 36.4 Å². The van der Waals surface area contributed by atoms with Gasteiger partial charge in [-0.25, -0.2) is 9.98 Å². The molecule has 0 radical (unpaired) electrons. The minimum Gasteiger partial charge on any atom is -0.326 e. The van der Waals surface area contributed by atoms with Crippen molar-refractivity contribution in [2.75, 3.05) is 10.6 Å². The molecule has 0 aliphatic carbocycles. The maximum absolute atomic E-state index is 11.8. The van der Waals surface area contributed by atoms with E-state index in [1.807, 2.05) is 97.1 Å². The molecule has 5 rings (SSSR count). The molecule has 2 amide bonds. The Morgan fingerprint density at radius 1 is 0.556 bits per heavy atom. The molecule has 4 aromatic carbocycles. The van der Waals surface area contributed by atoms with E-state index in [0.717, 1.165) is 45.1 Å². The van der Waals surface area contributed by atoms with Gasteiger partial charge in [0.15, 0.2) is 0 Å². The monoisotopic (exact) mass is 472 g/mol. The summed E-state index contributed by atoms with van der Waals surface area (Å²) in [5.74, 6) is -0.299. The van der Waals surface area contributed by atoms with Gasteiger partial charge in [0.2, 0.25) is 11.8 Å². The SMILES string of the molecule is CC(=O)Nc1ccc2c(c1)C(c1ccccc1)=Nc1ccc(NC(C)=O)cc1C(c1ccccc1)=N2. The lowest BCUT2D eigenvalue weighted by Gasteiger charge is -2.19. The Morgan fingerprint density at radius 2 is 0.944 bits per heavy atom. The van der Waals surface area contributed by atoms with Crippen LogP contribution in [0.5, 0.6) is 0 Å². The van der Waals surface area contributed by atoms with E-state index < -0.39 is 0 Å². The average Bonchev–Trinajstić information content (AvgIpc) is 2.86. The summed E-state index contributed by atoms with van der Waals surface area (Å²) in [6.07, 6.45) is 0. The molecule has 36 heavy (non-hydrogen) atoms. The number of amides is 2. The Balaban J connectivity index is 1.81. The Hall–Kier alpha value is -4.84. The number of nitrogens with one attached hydrogen (secondary N) is 2. The zero-order chi connectivity index (χ0) is 25.1. The summed E-state index contributed by atoms with van der Waals surface area (Å²) >= 11 is 0. The first kappa shape index (κ1) is 22.9. The fourth-order valence-corrected chi connectivity index (χ4v) is 4.20. The number of hydrogen-bond donors (Lipinski definition) is 2. The van der Waals surface area contributed by atoms with Crippen molar-refractivity contribution in [3.8, 4) is 0 Å². The number of fused-ring (bicyclic) bond motifs is 2. The van der Waals surface area contributed by atoms with E-state index in [4.69, 9.17) is 9.98 Å². The Kier molecular flexibility index (Phi) is 6.24. The van der Waals surface area contributed by atoms with Crippen LogP contribution in [-0.2, 0) is 9.59 Å². The number of carbonyl (C=O) groups is 2. The molecule has 4 aromatic rings. The minimum atomic E-state index is -0.150. The van der Waals surface area contributed by atoms with Crippen LogP contribution in [0.1, 0.15) is 36.1 Å². The summed E-state index contributed by atoms with van der Waals surface area (Å²) in [7, 11) is 0. The average molecular weight is 473 g/mol. The van der Waals surface area contributed by atoms with E-state index in [9.17, 15) is 9.59 Å². The van der Waals surface area contributed by atoms with Crippen molar-refractivity contribution in [2.24, 2.45) is 9.98 Å². The summed E-state index contributed by atoms with van der Waals surface area (Å²) < 4.78 is 0. The van der Waals surface area contributed by atoms with Crippen LogP contribution in [0.15, 0.2) is 107 Å². The van der Waals surface area contributed by atoms with E-state index in [0.29, 0.717) is 11.4 Å². The van der Waals surface area contributed by atoms with E-state index >= 15 is 0 Å². The molecular weight excluding hydrogens is 448 g/mol. The van der Waals surface area contributed by atoms with Crippen molar-refractivity contribution in [1.29, 1.82) is 0 Å². The predicted molar refractivity (Wildman–Crippen MR) is 145 cm³/mol. The summed E-state index contributed by atoms with van der Waals surface area (Å²) in [5.41, 5.74) is 7.72. The Bertz CT molecular complexity index is 1410. The van der Waals surface area contributed by atoms with Crippen molar-refractivity contribution in [3.05, 3.63) is 119 Å². The first-order chi connectivity index (χ1) is 17.5. The highest BCUT2D eigenvalue weighted by Gasteiger charge is 2.21. The standard InChI is InChI=1S/C30H24N4O2/c1-19(35)31-23-13-15-27-25(17-23)29(21-9-5-3-6-10-21)34-28-16-14-24(32-20(2)36)18-26(28)30(33-27)22-11-7-4-8-12-22/h3-18H,1-2H3,(H,31,35)(H,32,36). The number of aliphatic imine (C=N–C) groups is 2. The highest BCUT2D eigenvalue weighted by atomic mass is 16.2. The van der Waals surface area contributed by atoms with Gasteiger partial charge in [-0.15, -0.1) is 0 Å². The molecule has 2 N–H and O–H groups in total. The second kappa shape index (κ2) is 9.80. The Morgan fingerprint density at radius 3 is 1.31 bits per heavy atom. The highest BCUT2D eigenvalue weighted by molar-refractivity contribution is 6.23. The van der Waals surface area contributed by atoms with Crippen molar-refractivity contribution >= 4 is 46.0 Å². The molecule has 6 heteroatoms. The number of anilines is 2. The van der Waals surface area contributed by atoms with Gasteiger partial charge >= 0.3 is 0 Å². The van der Waals surface area contributed by atoms with Crippen molar-refractivity contribution in [3.63, 3.8) is 0 Å². The van der Waals surface area contributed by atoms with Crippen LogP contribution >= 0.6 is 0 Å². The molecule has 0 saturated heterocycles. The lowest BCUT2D eigenvalue weighted by Crippen LogP contribution is -2.12. The largest absolute Gasteiger partial charge is 0.326 e. The number of nitrogens with zero attached hydrogens (tertiary/aromatic N) is 2. The molecule has 6 nitrogen and oxygen atoms in total. The maximum atomic E-state index is 11.8. The number of carbonyl (C=O) groups excluding carboxylic acids is 2. The van der Waals surface area contributed by atoms with Crippen molar-refractivity contribution in [2.45, 2.75) is 13.8 Å². The molecule has 0 atom stereocenters. The van der Waals surface area contributed by atoms with E-state index in [2.05, 4.69) is 10.6 Å². The molecule has 1 aliphatic rings. The van der Waals surface area contributed by atoms with E-state index in [-0.39, 0.29) is 11.8 Å². The summed E-state index contributed by atoms with van der Waals surface area (Å²) in [5, 5.41) is 5.74. The molecule has 1 heterocycles. The van der Waals surface area contributed by atoms with Gasteiger partial charge in [-0.1, -0.05) is 60.7 Å². The van der Waals surface area contributed by atoms with Gasteiger partial charge in [0.05, 0.1) is 22.8 Å². The molecule has 0 bridgehead atoms. The smallest absolute Gasteiger partial charge is 0.221 e. The molecule has 1 aliphatic heterocycles. The van der Waals surface area contributed by atoms with Crippen LogP contribution in [0.4, 0.5) is 22.7 Å². The van der Waals surface area contributed by atoms with Crippen LogP contribution in [0.2, 0.25) is 0 Å². The number of benzene rings is 4. The Labute approximate surface area is 209 Å². The minimum absolute atomic E-state index is 0.150. The molecule has 0 fully saturated rings. The molecular formula is C30H24N4O2. The molecule has 176 valence electrons. The zero-order valence-corrected chi connectivity index (χ0v) is 19.9. The third-order valence-corrected chi connectivity index (χ3v) is 5.70. The van der Waals surface area contributed by atoms with Crippen molar-refractivity contribution < 1.29 is 9.59 Å². The summed E-state index contributed by atoms with van der Waals surface area (Å²) in [6.45, 7) is 2.97. The van der Waals surface area contributed by atoms with E-state index in [1.165, 1.54) is 13.8 Å². The molecule has 0 aromatic heterocycles. The quantitative estimate of drug-likeness (QED) is 0.324. The normalized spacial score (nSPS) is 12.2. The van der Waals surface area contributed by atoms with Crippen LogP contribution in [0.25, 0.3) is 0 Å². The van der Waals surface area contributed by atoms with Crippen LogP contribution in [-0.4, -0.2) is 23.2 Å². The molecule has 0 saturated carbocycles. The fraction of sp³-hybridized carbons (Fsp3) is 0.0667. The first-order valence-corrected chi connectivity index (χ1v) is 11.6. The fourth-order valence-electron chi connectivity index (χ4n) is 4.20. The molecule has 0 unspecified atom stereocenters. The molecule has 0 spiro atoms. The van der Waals surface area contributed by atoms with E-state index in [1.54, 1.807) is 0 Å². The first-order valence-electron chi connectivity index (χ1n) is 11.6. The lowest BCUT2D eigenvalue weighted by atomic mass is 9.95. The second-order valence-corrected chi connectivity index (χ2v) is 8.48. The topological polar surface area (TPSA) is 82.9 Å². The van der Waals surface area contributed by atoms with Gasteiger partial charge in [-0.3, -0.25) is 9.59 Å². The van der Waals surface area contributed by atoms with Gasteiger partial charge in [0.1, 0.15) is 0 Å². The van der Waals surface area contributed by atoms with Gasteiger partial charge in [0, 0.05) is 47.5 Å². The lowest BCUT2D eigenvalue weighted by molar-refractivity contribution is -0.115. The van der Waals surface area contributed by atoms with Gasteiger partial charge < -0.3 is 10.6 Å². The van der Waals surface area contributed by atoms with Crippen LogP contribution < -0.4 is 10.6 Å². The van der Waals surface area contributed by atoms with Gasteiger partial charge in [0.25, 0.3) is 0 Å². The predicted octanol–water partition coefficient (Wildman–Crippen LogP) is 6.26. The third-order valence-electron chi connectivity index (χ3n) is 5.70. The van der Waals surface area contributed by atoms with Crippen LogP contribution in [0, 0.1) is 0 Å². The number of hydrogen-bond acceptors (Lipinski definition) is 4. The zero-order valence-electron chi connectivity index (χ0n) is 19.9. The maximum Gasteiger partial charge on any atom is 0.221 e. The van der Waals surface area contributed by atoms with Crippen molar-refractivity contribution in [1.82, 2.24) is 0 Å². The van der Waals surface area contributed by atoms with Crippen LogP contribution in [0.3, 0.4) is 0 Å². The summed E-state index contributed by atoms with van der Waals surface area (Å²) in [6, 6.07) is 31.1. The summed E-state index contributed by atoms with van der Waals surface area (Å²) in [4.78, 5) is 33.8. The van der Waals surface area contributed by atoms with Gasteiger partial charge in [-0.2, -0.15) is 0 Å².